The van der Waals surface area contributed by atoms with Gasteiger partial charge in [-0.15, -0.1) is 0 Å². The van der Waals surface area contributed by atoms with Crippen molar-refractivity contribution in [1.82, 2.24) is 0 Å². The van der Waals surface area contributed by atoms with E-state index in [1.54, 1.807) is 0 Å². The summed E-state index contributed by atoms with van der Waals surface area (Å²) in [7, 11) is 0. The van der Waals surface area contributed by atoms with Gasteiger partial charge >= 0.3 is 0 Å². The molecule has 1 aliphatic rings. The van der Waals surface area contributed by atoms with E-state index in [1.807, 2.05) is 0 Å². The highest BCUT2D eigenvalue weighted by Gasteiger charge is 2.15. The maximum atomic E-state index is 5.79. The van der Waals surface area contributed by atoms with E-state index in [4.69, 9.17) is 5.73 Å². The molecule has 1 aliphatic carbocycles. The molecule has 3 N–H and O–H groups in total. The van der Waals surface area contributed by atoms with E-state index in [0.717, 1.165) is 0 Å². The van der Waals surface area contributed by atoms with Gasteiger partial charge in [0.15, 0.2) is 0 Å². The van der Waals surface area contributed by atoms with E-state index in [2.05, 4.69) is 30.4 Å². The average molecular weight is 204 g/mol. The molecule has 0 unspecified atom stereocenters. The van der Waals surface area contributed by atoms with Crippen molar-refractivity contribution in [3.63, 3.8) is 0 Å². The predicted octanol–water partition coefficient (Wildman–Crippen LogP) is 2.81. The maximum absolute atomic E-state index is 5.79. The second-order valence-corrected chi connectivity index (χ2v) is 4.43. The number of hydrogen-bond donors (Lipinski definition) is 2. The summed E-state index contributed by atoms with van der Waals surface area (Å²) in [5.74, 6) is 0. The molecule has 1 saturated carbocycles. The smallest absolute Gasteiger partial charge is 0.0390 e. The minimum Gasteiger partial charge on any atom is -0.382 e. The van der Waals surface area contributed by atoms with Gasteiger partial charge in [-0.2, -0.15) is 0 Å². The third-order valence-electron chi connectivity index (χ3n) is 3.33. The van der Waals surface area contributed by atoms with Gasteiger partial charge in [-0.25, -0.2) is 0 Å². The van der Waals surface area contributed by atoms with Gasteiger partial charge in [0.1, 0.15) is 0 Å². The molecule has 1 fully saturated rings. The van der Waals surface area contributed by atoms with Crippen molar-refractivity contribution in [3.8, 4) is 0 Å². The second-order valence-electron chi connectivity index (χ2n) is 4.43. The Labute approximate surface area is 91.9 Å². The Kier molecular flexibility index (Phi) is 3.27. The first kappa shape index (κ1) is 10.5. The van der Waals surface area contributed by atoms with E-state index < -0.39 is 0 Å². The molecule has 1 aromatic carbocycles. The highest BCUT2D eigenvalue weighted by Crippen LogP contribution is 2.25. The van der Waals surface area contributed by atoms with Crippen molar-refractivity contribution in [2.45, 2.75) is 45.2 Å². The fourth-order valence-electron chi connectivity index (χ4n) is 2.40. The molecule has 0 bridgehead atoms. The highest BCUT2D eigenvalue weighted by atomic mass is 14.9. The SMILES string of the molecule is Cc1cccc(NC2CCCC2)c1CN. The minimum atomic E-state index is 0.627. The molecule has 0 heterocycles. The van der Waals surface area contributed by atoms with Crippen LogP contribution in [0.4, 0.5) is 5.69 Å². The Bertz CT molecular complexity index is 327. The molecule has 0 saturated heterocycles. The van der Waals surface area contributed by atoms with Gasteiger partial charge in [0.25, 0.3) is 0 Å². The van der Waals surface area contributed by atoms with Crippen molar-refractivity contribution in [2.24, 2.45) is 5.73 Å². The van der Waals surface area contributed by atoms with E-state index in [-0.39, 0.29) is 0 Å². The Morgan fingerprint density at radius 1 is 1.33 bits per heavy atom. The molecule has 0 aromatic heterocycles. The van der Waals surface area contributed by atoms with Crippen LogP contribution in [0.1, 0.15) is 36.8 Å². The second kappa shape index (κ2) is 4.67. The van der Waals surface area contributed by atoms with E-state index in [1.165, 1.54) is 42.5 Å². The fraction of sp³-hybridized carbons (Fsp3) is 0.538. The summed E-state index contributed by atoms with van der Waals surface area (Å²) in [5.41, 5.74) is 9.59. The standard InChI is InChI=1S/C13H20N2/c1-10-5-4-8-13(12(10)9-14)15-11-6-2-3-7-11/h4-5,8,11,15H,2-3,6-7,9,14H2,1H3. The van der Waals surface area contributed by atoms with E-state index in [9.17, 15) is 0 Å². The number of anilines is 1. The zero-order valence-electron chi connectivity index (χ0n) is 9.42. The molecule has 0 radical (unpaired) electrons. The van der Waals surface area contributed by atoms with Crippen molar-refractivity contribution < 1.29 is 0 Å². The van der Waals surface area contributed by atoms with Crippen molar-refractivity contribution in [3.05, 3.63) is 29.3 Å². The van der Waals surface area contributed by atoms with Gasteiger partial charge in [-0.3, -0.25) is 0 Å². The summed E-state index contributed by atoms with van der Waals surface area (Å²) >= 11 is 0. The number of hydrogen-bond acceptors (Lipinski definition) is 2. The maximum Gasteiger partial charge on any atom is 0.0390 e. The molecule has 1 aromatic rings. The summed E-state index contributed by atoms with van der Waals surface area (Å²) in [4.78, 5) is 0. The molecule has 2 rings (SSSR count). The molecule has 82 valence electrons. The summed E-state index contributed by atoms with van der Waals surface area (Å²) in [6.07, 6.45) is 5.33. The first-order valence-electron chi connectivity index (χ1n) is 5.86. The number of rotatable bonds is 3. The highest BCUT2D eigenvalue weighted by molar-refractivity contribution is 5.55. The normalized spacial score (nSPS) is 16.9. The molecule has 0 spiro atoms. The molecular formula is C13H20N2. The van der Waals surface area contributed by atoms with Crippen LogP contribution in [0.5, 0.6) is 0 Å². The van der Waals surface area contributed by atoms with Crippen LogP contribution in [0, 0.1) is 6.92 Å². The van der Waals surface area contributed by atoms with Crippen LogP contribution in [0.25, 0.3) is 0 Å². The Morgan fingerprint density at radius 2 is 2.07 bits per heavy atom. The molecule has 0 amide bonds. The third-order valence-corrected chi connectivity index (χ3v) is 3.33. The monoisotopic (exact) mass is 204 g/mol. The zero-order valence-corrected chi connectivity index (χ0v) is 9.42. The van der Waals surface area contributed by atoms with Crippen LogP contribution >= 0.6 is 0 Å². The van der Waals surface area contributed by atoms with Gasteiger partial charge in [0.2, 0.25) is 0 Å². The lowest BCUT2D eigenvalue weighted by atomic mass is 10.1. The van der Waals surface area contributed by atoms with Crippen molar-refractivity contribution in [1.29, 1.82) is 0 Å². The summed E-state index contributed by atoms with van der Waals surface area (Å²) in [6.45, 7) is 2.75. The summed E-state index contributed by atoms with van der Waals surface area (Å²) in [6, 6.07) is 7.04. The number of nitrogens with two attached hydrogens (primary N) is 1. The van der Waals surface area contributed by atoms with Crippen LogP contribution in [0.3, 0.4) is 0 Å². The molecule has 15 heavy (non-hydrogen) atoms. The van der Waals surface area contributed by atoms with Crippen molar-refractivity contribution >= 4 is 5.69 Å². The van der Waals surface area contributed by atoms with Crippen LogP contribution in [-0.2, 0) is 6.54 Å². The van der Waals surface area contributed by atoms with Gasteiger partial charge < -0.3 is 11.1 Å². The lowest BCUT2D eigenvalue weighted by Gasteiger charge is -2.17. The Morgan fingerprint density at radius 3 is 2.73 bits per heavy atom. The van der Waals surface area contributed by atoms with E-state index in [0.29, 0.717) is 12.6 Å². The largest absolute Gasteiger partial charge is 0.382 e. The average Bonchev–Trinajstić information content (AvgIpc) is 2.71. The van der Waals surface area contributed by atoms with Gasteiger partial charge in [0.05, 0.1) is 0 Å². The molecule has 2 nitrogen and oxygen atoms in total. The molecule has 2 heteroatoms. The lowest BCUT2D eigenvalue weighted by molar-refractivity contribution is 0.753. The Hall–Kier alpha value is -1.02. The van der Waals surface area contributed by atoms with Crippen molar-refractivity contribution in [2.75, 3.05) is 5.32 Å². The van der Waals surface area contributed by atoms with Gasteiger partial charge in [-0.1, -0.05) is 25.0 Å². The third kappa shape index (κ3) is 2.32. The topological polar surface area (TPSA) is 38.0 Å². The predicted molar refractivity (Wildman–Crippen MR) is 64.9 cm³/mol. The number of benzene rings is 1. The van der Waals surface area contributed by atoms with Crippen LogP contribution in [0.15, 0.2) is 18.2 Å². The number of aryl methyl sites for hydroxylation is 1. The first-order chi connectivity index (χ1) is 7.31. The molecule has 0 atom stereocenters. The van der Waals surface area contributed by atoms with Gasteiger partial charge in [-0.05, 0) is 37.0 Å². The summed E-state index contributed by atoms with van der Waals surface area (Å²) < 4.78 is 0. The van der Waals surface area contributed by atoms with Crippen LogP contribution < -0.4 is 11.1 Å². The quantitative estimate of drug-likeness (QED) is 0.794. The van der Waals surface area contributed by atoms with Crippen LogP contribution in [-0.4, -0.2) is 6.04 Å². The van der Waals surface area contributed by atoms with E-state index >= 15 is 0 Å². The fourth-order valence-corrected chi connectivity index (χ4v) is 2.40. The molecular weight excluding hydrogens is 184 g/mol. The zero-order chi connectivity index (χ0) is 10.7. The molecule has 0 aliphatic heterocycles. The summed E-state index contributed by atoms with van der Waals surface area (Å²) in [5, 5.41) is 3.62. The van der Waals surface area contributed by atoms with Gasteiger partial charge in [0, 0.05) is 18.3 Å². The first-order valence-corrected chi connectivity index (χ1v) is 5.86. The minimum absolute atomic E-state index is 0.627. The Balaban J connectivity index is 2.15. The number of nitrogens with one attached hydrogen (secondary N) is 1. The van der Waals surface area contributed by atoms with Crippen LogP contribution in [0.2, 0.25) is 0 Å². The lowest BCUT2D eigenvalue weighted by Crippen LogP contribution is -2.17.